The molecule has 1 fully saturated rings. The van der Waals surface area contributed by atoms with Gasteiger partial charge in [-0.1, -0.05) is 43.2 Å². The Kier molecular flexibility index (Phi) is 7.15. The molecule has 7 heteroatoms. The summed E-state index contributed by atoms with van der Waals surface area (Å²) in [6.45, 7) is 1.46. The third kappa shape index (κ3) is 5.34. The van der Waals surface area contributed by atoms with Crippen molar-refractivity contribution in [1.82, 2.24) is 4.90 Å². The van der Waals surface area contributed by atoms with Crippen LogP contribution in [0.1, 0.15) is 49.8 Å². The summed E-state index contributed by atoms with van der Waals surface area (Å²) in [5.41, 5.74) is 6.21. The van der Waals surface area contributed by atoms with E-state index < -0.39 is 35.5 Å². The zero-order chi connectivity index (χ0) is 22.5. The van der Waals surface area contributed by atoms with E-state index >= 15 is 0 Å². The Hall–Kier alpha value is -3.09. The molecule has 1 saturated carbocycles. The van der Waals surface area contributed by atoms with Gasteiger partial charge in [0.25, 0.3) is 0 Å². The van der Waals surface area contributed by atoms with Gasteiger partial charge in [-0.25, -0.2) is 8.78 Å². The van der Waals surface area contributed by atoms with E-state index in [-0.39, 0.29) is 23.7 Å². The van der Waals surface area contributed by atoms with Crippen molar-refractivity contribution in [2.75, 3.05) is 0 Å². The van der Waals surface area contributed by atoms with Crippen LogP contribution in [0.15, 0.2) is 48.5 Å². The second-order valence-electron chi connectivity index (χ2n) is 8.03. The highest BCUT2D eigenvalue weighted by Gasteiger charge is 2.39. The van der Waals surface area contributed by atoms with Crippen molar-refractivity contribution in [2.45, 2.75) is 51.1 Å². The molecule has 2 amide bonds. The number of hydrogen-bond acceptors (Lipinski definition) is 3. The van der Waals surface area contributed by atoms with E-state index in [9.17, 15) is 23.2 Å². The Morgan fingerprint density at radius 1 is 1.03 bits per heavy atom. The summed E-state index contributed by atoms with van der Waals surface area (Å²) in [6, 6.07) is 9.51. The minimum atomic E-state index is -1.08. The van der Waals surface area contributed by atoms with Crippen LogP contribution in [0.25, 0.3) is 0 Å². The number of nitrogens with two attached hydrogens (primary N) is 1. The topological polar surface area (TPSA) is 80.5 Å². The number of halogens is 2. The molecule has 1 aliphatic rings. The number of nitrogens with zero attached hydrogens (tertiary/aromatic N) is 1. The molecule has 0 bridgehead atoms. The van der Waals surface area contributed by atoms with Crippen molar-refractivity contribution in [3.05, 3.63) is 71.3 Å². The molecule has 164 valence electrons. The highest BCUT2D eigenvalue weighted by Crippen LogP contribution is 2.34. The van der Waals surface area contributed by atoms with Gasteiger partial charge in [0.05, 0.1) is 6.42 Å². The van der Waals surface area contributed by atoms with Gasteiger partial charge in [0.15, 0.2) is 5.78 Å². The zero-order valence-corrected chi connectivity index (χ0v) is 17.4. The Morgan fingerprint density at radius 2 is 1.61 bits per heavy atom. The summed E-state index contributed by atoms with van der Waals surface area (Å²) in [4.78, 5) is 40.1. The molecule has 0 aromatic heterocycles. The maximum atomic E-state index is 13.6. The number of amides is 2. The van der Waals surface area contributed by atoms with Crippen LogP contribution in [0, 0.1) is 17.6 Å². The number of hydrogen-bond donors (Lipinski definition) is 1. The van der Waals surface area contributed by atoms with Crippen LogP contribution in [0.2, 0.25) is 0 Å². The van der Waals surface area contributed by atoms with E-state index in [1.165, 1.54) is 11.8 Å². The Labute approximate surface area is 180 Å². The van der Waals surface area contributed by atoms with E-state index in [0.717, 1.165) is 37.8 Å². The number of benzene rings is 2. The maximum Gasteiger partial charge on any atom is 0.239 e. The third-order valence-electron chi connectivity index (χ3n) is 5.82. The number of Topliss-reactive ketones (excluding diaryl/α,β-unsaturated/α-hetero) is 1. The largest absolute Gasteiger partial charge is 0.368 e. The minimum Gasteiger partial charge on any atom is -0.368 e. The Bertz CT molecular complexity index is 938. The summed E-state index contributed by atoms with van der Waals surface area (Å²) in [6.07, 6.45) is 2.95. The van der Waals surface area contributed by atoms with Crippen molar-refractivity contribution < 1.29 is 23.2 Å². The van der Waals surface area contributed by atoms with E-state index in [4.69, 9.17) is 5.73 Å². The normalized spacial score (nSPS) is 16.0. The van der Waals surface area contributed by atoms with Crippen LogP contribution in [0.4, 0.5) is 8.78 Å². The fourth-order valence-electron chi connectivity index (χ4n) is 4.23. The van der Waals surface area contributed by atoms with Crippen molar-refractivity contribution in [2.24, 2.45) is 11.7 Å². The molecule has 0 saturated heterocycles. The highest BCUT2D eigenvalue weighted by atomic mass is 19.1. The monoisotopic (exact) mass is 428 g/mol. The summed E-state index contributed by atoms with van der Waals surface area (Å²) in [5, 5.41) is 0. The van der Waals surface area contributed by atoms with Crippen molar-refractivity contribution >= 4 is 17.6 Å². The van der Waals surface area contributed by atoms with E-state index in [0.29, 0.717) is 11.6 Å². The maximum absolute atomic E-state index is 13.6. The molecule has 2 aromatic carbocycles. The predicted molar refractivity (Wildman–Crippen MR) is 112 cm³/mol. The molecule has 0 spiro atoms. The van der Waals surface area contributed by atoms with E-state index in [1.54, 1.807) is 30.3 Å². The first-order valence-corrected chi connectivity index (χ1v) is 10.4. The van der Waals surface area contributed by atoms with Crippen LogP contribution in [0.5, 0.6) is 0 Å². The molecule has 0 heterocycles. The molecule has 0 radical (unpaired) electrons. The van der Waals surface area contributed by atoms with Gasteiger partial charge < -0.3 is 10.6 Å². The van der Waals surface area contributed by atoms with E-state index in [2.05, 4.69) is 0 Å². The lowest BCUT2D eigenvalue weighted by molar-refractivity contribution is -0.147. The van der Waals surface area contributed by atoms with Gasteiger partial charge in [-0.15, -0.1) is 0 Å². The van der Waals surface area contributed by atoms with Crippen LogP contribution in [0.3, 0.4) is 0 Å². The standard InChI is InChI=1S/C24H26F2N2O3/c1-15(24(27)31)28(21(29)13-16-11-19(25)14-20(26)12-16)22(17-7-3-2-4-8-17)23(30)18-9-5-6-10-18/h2-4,7-8,11-12,14-15,18,22H,5-6,9-10,13H2,1H3,(H2,27,31)/t15-,22?/m0/s1. The molecular weight excluding hydrogens is 402 g/mol. The lowest BCUT2D eigenvalue weighted by Gasteiger charge is -2.36. The first-order valence-electron chi connectivity index (χ1n) is 10.4. The fraction of sp³-hybridized carbons (Fsp3) is 0.375. The summed E-state index contributed by atoms with van der Waals surface area (Å²) in [5.74, 6) is -3.34. The second kappa shape index (κ2) is 9.81. The van der Waals surface area contributed by atoms with Crippen LogP contribution in [-0.2, 0) is 20.8 Å². The lowest BCUT2D eigenvalue weighted by atomic mass is 9.89. The Morgan fingerprint density at radius 3 is 2.16 bits per heavy atom. The Balaban J connectivity index is 2.02. The van der Waals surface area contributed by atoms with Gasteiger partial charge in [-0.2, -0.15) is 0 Å². The number of primary amides is 1. The molecule has 3 rings (SSSR count). The minimum absolute atomic E-state index is 0.115. The molecule has 1 unspecified atom stereocenters. The van der Waals surface area contributed by atoms with Gasteiger partial charge in [0.1, 0.15) is 23.7 Å². The first kappa shape index (κ1) is 22.6. The molecule has 5 nitrogen and oxygen atoms in total. The number of carbonyl (C=O) groups excluding carboxylic acids is 3. The molecule has 31 heavy (non-hydrogen) atoms. The smallest absolute Gasteiger partial charge is 0.239 e. The SMILES string of the molecule is C[C@@H](C(N)=O)N(C(=O)Cc1cc(F)cc(F)c1)C(C(=O)C1CCCC1)c1ccccc1. The summed E-state index contributed by atoms with van der Waals surface area (Å²) in [7, 11) is 0. The highest BCUT2D eigenvalue weighted by molar-refractivity contribution is 5.95. The zero-order valence-electron chi connectivity index (χ0n) is 17.4. The van der Waals surface area contributed by atoms with Gasteiger partial charge >= 0.3 is 0 Å². The molecule has 2 atom stereocenters. The molecular formula is C24H26F2N2O3. The van der Waals surface area contributed by atoms with Crippen molar-refractivity contribution in [3.63, 3.8) is 0 Å². The summed E-state index contributed by atoms with van der Waals surface area (Å²) >= 11 is 0. The van der Waals surface area contributed by atoms with Gasteiger partial charge in [0, 0.05) is 12.0 Å². The van der Waals surface area contributed by atoms with Crippen LogP contribution in [-0.4, -0.2) is 28.5 Å². The van der Waals surface area contributed by atoms with Gasteiger partial charge in [-0.05, 0) is 43.0 Å². The van der Waals surface area contributed by atoms with Gasteiger partial charge in [-0.3, -0.25) is 14.4 Å². The number of carbonyl (C=O) groups is 3. The number of rotatable bonds is 8. The average molecular weight is 428 g/mol. The molecule has 2 aromatic rings. The quantitative estimate of drug-likeness (QED) is 0.696. The average Bonchev–Trinajstić information content (AvgIpc) is 3.25. The predicted octanol–water partition coefficient (Wildman–Crippen LogP) is 3.71. The summed E-state index contributed by atoms with van der Waals surface area (Å²) < 4.78 is 27.3. The second-order valence-corrected chi connectivity index (χ2v) is 8.03. The van der Waals surface area contributed by atoms with Crippen LogP contribution >= 0.6 is 0 Å². The van der Waals surface area contributed by atoms with Gasteiger partial charge in [0.2, 0.25) is 11.8 Å². The van der Waals surface area contributed by atoms with Crippen molar-refractivity contribution in [3.8, 4) is 0 Å². The number of ketones is 1. The lowest BCUT2D eigenvalue weighted by Crippen LogP contribution is -2.51. The third-order valence-corrected chi connectivity index (χ3v) is 5.82. The van der Waals surface area contributed by atoms with E-state index in [1.807, 2.05) is 0 Å². The fourth-order valence-corrected chi connectivity index (χ4v) is 4.23. The van der Waals surface area contributed by atoms with Crippen molar-refractivity contribution in [1.29, 1.82) is 0 Å². The molecule has 1 aliphatic carbocycles. The first-order chi connectivity index (χ1) is 14.8. The molecule has 0 aliphatic heterocycles. The molecule has 2 N–H and O–H groups in total. The van der Waals surface area contributed by atoms with Crippen LogP contribution < -0.4 is 5.73 Å².